The number of carbonyl (C=O) groups is 1. The van der Waals surface area contributed by atoms with Crippen LogP contribution in [-0.2, 0) is 16.4 Å². The molecule has 25 heavy (non-hydrogen) atoms. The fraction of sp³-hybridized carbons (Fsp3) is 0.500. The van der Waals surface area contributed by atoms with Crippen LogP contribution in [0, 0.1) is 12.3 Å². The summed E-state index contributed by atoms with van der Waals surface area (Å²) in [6.07, 6.45) is 7.17. The Hall–Kier alpha value is -2.04. The van der Waals surface area contributed by atoms with Gasteiger partial charge in [-0.1, -0.05) is 5.92 Å². The number of benzene rings is 1. The van der Waals surface area contributed by atoms with Gasteiger partial charge in [0.05, 0.1) is 18.5 Å². The highest BCUT2D eigenvalue weighted by molar-refractivity contribution is 7.92. The van der Waals surface area contributed by atoms with Gasteiger partial charge in [0, 0.05) is 37.8 Å². The lowest BCUT2D eigenvalue weighted by Crippen LogP contribution is -2.48. The van der Waals surface area contributed by atoms with E-state index in [2.05, 4.69) is 10.8 Å². The molecule has 1 aromatic carbocycles. The molecule has 6 nitrogen and oxygen atoms in total. The van der Waals surface area contributed by atoms with Gasteiger partial charge < -0.3 is 4.90 Å². The number of hydrogen-bond acceptors (Lipinski definition) is 4. The maximum absolute atomic E-state index is 12.8. The number of anilines is 1. The summed E-state index contributed by atoms with van der Waals surface area (Å²) < 4.78 is 25.4. The van der Waals surface area contributed by atoms with Gasteiger partial charge in [-0.3, -0.25) is 14.0 Å². The summed E-state index contributed by atoms with van der Waals surface area (Å²) in [6.45, 7) is 5.36. The number of piperazine rings is 1. The molecular formula is C18H23N3O3S. The van der Waals surface area contributed by atoms with E-state index in [0.29, 0.717) is 37.3 Å². The van der Waals surface area contributed by atoms with Crippen molar-refractivity contribution in [1.29, 1.82) is 0 Å². The number of hydrogen-bond donors (Lipinski definition) is 0. The predicted octanol–water partition coefficient (Wildman–Crippen LogP) is 0.788. The van der Waals surface area contributed by atoms with Gasteiger partial charge in [-0.2, -0.15) is 0 Å². The van der Waals surface area contributed by atoms with Crippen molar-refractivity contribution in [3.8, 4) is 12.3 Å². The van der Waals surface area contributed by atoms with Crippen molar-refractivity contribution < 1.29 is 13.2 Å². The van der Waals surface area contributed by atoms with E-state index in [-0.39, 0.29) is 11.9 Å². The topological polar surface area (TPSA) is 60.9 Å². The van der Waals surface area contributed by atoms with Crippen LogP contribution in [0.5, 0.6) is 0 Å². The van der Waals surface area contributed by atoms with E-state index >= 15 is 0 Å². The summed E-state index contributed by atoms with van der Waals surface area (Å²) in [5.41, 5.74) is 2.21. The van der Waals surface area contributed by atoms with Crippen LogP contribution in [0.2, 0.25) is 0 Å². The zero-order valence-electron chi connectivity index (χ0n) is 14.6. The van der Waals surface area contributed by atoms with Crippen molar-refractivity contribution in [2.45, 2.75) is 19.4 Å². The first-order chi connectivity index (χ1) is 11.8. The van der Waals surface area contributed by atoms with Gasteiger partial charge in [-0.15, -0.1) is 6.42 Å². The summed E-state index contributed by atoms with van der Waals surface area (Å²) in [4.78, 5) is 16.7. The molecule has 1 unspecified atom stereocenters. The average molecular weight is 361 g/mol. The van der Waals surface area contributed by atoms with Crippen LogP contribution in [0.25, 0.3) is 0 Å². The molecule has 2 aliphatic rings. The van der Waals surface area contributed by atoms with E-state index in [9.17, 15) is 13.2 Å². The highest BCUT2D eigenvalue weighted by Crippen LogP contribution is 2.34. The summed E-state index contributed by atoms with van der Waals surface area (Å²) in [5.74, 6) is 2.62. The second kappa shape index (κ2) is 6.70. The maximum atomic E-state index is 12.8. The van der Waals surface area contributed by atoms with Gasteiger partial charge >= 0.3 is 0 Å². The van der Waals surface area contributed by atoms with Crippen LogP contribution < -0.4 is 4.31 Å². The normalized spacial score (nSPS) is 21.1. The fourth-order valence-electron chi connectivity index (χ4n) is 3.66. The molecule has 0 aromatic heterocycles. The van der Waals surface area contributed by atoms with E-state index < -0.39 is 10.0 Å². The molecule has 0 aliphatic carbocycles. The molecule has 0 saturated carbocycles. The number of carbonyl (C=O) groups excluding carboxylic acids is 1. The van der Waals surface area contributed by atoms with E-state index in [0.717, 1.165) is 18.7 Å². The molecular weight excluding hydrogens is 338 g/mol. The summed E-state index contributed by atoms with van der Waals surface area (Å²) in [5, 5.41) is 0. The van der Waals surface area contributed by atoms with Gasteiger partial charge in [-0.25, -0.2) is 8.42 Å². The van der Waals surface area contributed by atoms with Crippen molar-refractivity contribution in [2.75, 3.05) is 43.3 Å². The lowest BCUT2D eigenvalue weighted by Gasteiger charge is -2.33. The maximum Gasteiger partial charge on any atom is 0.253 e. The second-order valence-electron chi connectivity index (χ2n) is 6.73. The number of rotatable bonds is 3. The highest BCUT2D eigenvalue weighted by Gasteiger charge is 2.33. The molecule has 1 amide bonds. The quantitative estimate of drug-likeness (QED) is 0.747. The monoisotopic (exact) mass is 361 g/mol. The minimum absolute atomic E-state index is 0.00591. The van der Waals surface area contributed by atoms with Gasteiger partial charge in [0.2, 0.25) is 10.0 Å². The van der Waals surface area contributed by atoms with Crippen LogP contribution in [-0.4, -0.2) is 69.1 Å². The Morgan fingerprint density at radius 2 is 1.96 bits per heavy atom. The van der Waals surface area contributed by atoms with E-state index in [1.54, 1.807) is 12.1 Å². The number of terminal acetylenes is 1. The first-order valence-corrected chi connectivity index (χ1v) is 10.2. The Morgan fingerprint density at radius 1 is 1.28 bits per heavy atom. The SMILES string of the molecule is C#CCN1CCN(C(=O)c2ccc3c(c2)CC(C)N3S(C)(=O)=O)CC1. The average Bonchev–Trinajstić information content (AvgIpc) is 2.90. The molecule has 0 spiro atoms. The Bertz CT molecular complexity index is 820. The summed E-state index contributed by atoms with van der Waals surface area (Å²) in [7, 11) is -3.31. The predicted molar refractivity (Wildman–Crippen MR) is 98.1 cm³/mol. The van der Waals surface area contributed by atoms with Gasteiger partial charge in [0.15, 0.2) is 0 Å². The minimum Gasteiger partial charge on any atom is -0.336 e. The Morgan fingerprint density at radius 3 is 2.56 bits per heavy atom. The minimum atomic E-state index is -3.31. The third-order valence-electron chi connectivity index (χ3n) is 4.81. The van der Waals surface area contributed by atoms with Crippen LogP contribution in [0.3, 0.4) is 0 Å². The van der Waals surface area contributed by atoms with Crippen LogP contribution in [0.4, 0.5) is 5.69 Å². The molecule has 3 rings (SSSR count). The zero-order chi connectivity index (χ0) is 18.2. The molecule has 0 N–H and O–H groups in total. The molecule has 1 fully saturated rings. The molecule has 7 heteroatoms. The standard InChI is InChI=1S/C18H23N3O3S/c1-4-7-19-8-10-20(11-9-19)18(22)15-5-6-17-16(13-15)12-14(2)21(17)25(3,23)24/h1,5-6,13-14H,7-12H2,2-3H3. The second-order valence-corrected chi connectivity index (χ2v) is 8.59. The first kappa shape index (κ1) is 17.8. The lowest BCUT2D eigenvalue weighted by atomic mass is 10.1. The van der Waals surface area contributed by atoms with Gasteiger partial charge in [0.1, 0.15) is 0 Å². The number of amides is 1. The van der Waals surface area contributed by atoms with E-state index in [4.69, 9.17) is 6.42 Å². The molecule has 2 heterocycles. The third-order valence-corrected chi connectivity index (χ3v) is 6.08. The first-order valence-electron chi connectivity index (χ1n) is 8.38. The van der Waals surface area contributed by atoms with Crippen molar-refractivity contribution >= 4 is 21.6 Å². The fourth-order valence-corrected chi connectivity index (χ4v) is 4.93. The molecule has 0 radical (unpaired) electrons. The van der Waals surface area contributed by atoms with Gasteiger partial charge in [-0.05, 0) is 37.1 Å². The number of fused-ring (bicyclic) bond motifs is 1. The number of sulfonamides is 1. The largest absolute Gasteiger partial charge is 0.336 e. The van der Waals surface area contributed by atoms with Crippen molar-refractivity contribution in [2.24, 2.45) is 0 Å². The van der Waals surface area contributed by atoms with Gasteiger partial charge in [0.25, 0.3) is 5.91 Å². The third kappa shape index (κ3) is 3.51. The molecule has 134 valence electrons. The molecule has 2 aliphatic heterocycles. The van der Waals surface area contributed by atoms with E-state index in [1.165, 1.54) is 10.6 Å². The summed E-state index contributed by atoms with van der Waals surface area (Å²) >= 11 is 0. The smallest absolute Gasteiger partial charge is 0.253 e. The molecule has 1 saturated heterocycles. The van der Waals surface area contributed by atoms with Crippen molar-refractivity contribution in [1.82, 2.24) is 9.80 Å². The van der Waals surface area contributed by atoms with Crippen molar-refractivity contribution in [3.63, 3.8) is 0 Å². The van der Waals surface area contributed by atoms with Crippen LogP contribution in [0.1, 0.15) is 22.8 Å². The Labute approximate surface area is 149 Å². The Kier molecular flexibility index (Phi) is 4.76. The van der Waals surface area contributed by atoms with Crippen molar-refractivity contribution in [3.05, 3.63) is 29.3 Å². The molecule has 0 bridgehead atoms. The van der Waals surface area contributed by atoms with Crippen LogP contribution in [0.15, 0.2) is 18.2 Å². The number of nitrogens with zero attached hydrogens (tertiary/aromatic N) is 3. The highest BCUT2D eigenvalue weighted by atomic mass is 32.2. The molecule has 1 atom stereocenters. The lowest BCUT2D eigenvalue weighted by molar-refractivity contribution is 0.0652. The zero-order valence-corrected chi connectivity index (χ0v) is 15.4. The Balaban J connectivity index is 1.77. The molecule has 1 aromatic rings. The van der Waals surface area contributed by atoms with E-state index in [1.807, 2.05) is 17.9 Å². The summed E-state index contributed by atoms with van der Waals surface area (Å²) in [6, 6.07) is 5.20. The van der Waals surface area contributed by atoms with Crippen LogP contribution >= 0.6 is 0 Å².